The molecule has 2 aromatic rings. The number of likely N-dealkylation sites (tertiary alicyclic amines) is 1. The summed E-state index contributed by atoms with van der Waals surface area (Å²) in [6, 6.07) is 7.45. The fourth-order valence-electron chi connectivity index (χ4n) is 3.30. The van der Waals surface area contributed by atoms with Gasteiger partial charge in [-0.1, -0.05) is 5.16 Å². The lowest BCUT2D eigenvalue weighted by molar-refractivity contribution is 0.0502. The summed E-state index contributed by atoms with van der Waals surface area (Å²) >= 11 is 0. The molecule has 0 bridgehead atoms. The van der Waals surface area contributed by atoms with Gasteiger partial charge < -0.3 is 28.7 Å². The van der Waals surface area contributed by atoms with Crippen LogP contribution in [0, 0.1) is 6.92 Å². The maximum Gasteiger partial charge on any atom is 0.410 e. The Morgan fingerprint density at radius 2 is 1.82 bits per heavy atom. The van der Waals surface area contributed by atoms with Crippen LogP contribution in [0.2, 0.25) is 0 Å². The summed E-state index contributed by atoms with van der Waals surface area (Å²) in [6.45, 7) is 8.68. The maximum atomic E-state index is 12.1. The van der Waals surface area contributed by atoms with Crippen molar-refractivity contribution in [2.24, 2.45) is 5.16 Å². The van der Waals surface area contributed by atoms with Crippen LogP contribution in [-0.4, -0.2) is 65.9 Å². The summed E-state index contributed by atoms with van der Waals surface area (Å²) in [5.41, 5.74) is 2.22. The van der Waals surface area contributed by atoms with Crippen molar-refractivity contribution in [1.29, 1.82) is 0 Å². The minimum absolute atomic E-state index is 0.0615. The number of hydrogen-bond acceptors (Lipinski definition) is 9. The van der Waals surface area contributed by atoms with Gasteiger partial charge in [0.2, 0.25) is 5.88 Å². The van der Waals surface area contributed by atoms with Crippen molar-refractivity contribution in [3.63, 3.8) is 0 Å². The van der Waals surface area contributed by atoms with E-state index in [0.717, 1.165) is 5.56 Å². The molecule has 0 aliphatic carbocycles. The number of nitrogens with zero attached hydrogens (tertiary/aromatic N) is 4. The summed E-state index contributed by atoms with van der Waals surface area (Å²) in [5, 5.41) is 4.21. The van der Waals surface area contributed by atoms with E-state index in [-0.39, 0.29) is 25.1 Å². The second-order valence-corrected chi connectivity index (χ2v) is 8.19. The highest BCUT2D eigenvalue weighted by Gasteiger charge is 2.26. The summed E-state index contributed by atoms with van der Waals surface area (Å²) in [4.78, 5) is 27.8. The van der Waals surface area contributed by atoms with Gasteiger partial charge in [-0.3, -0.25) is 0 Å². The second-order valence-electron chi connectivity index (χ2n) is 8.19. The number of amides is 1. The lowest BCUT2D eigenvalue weighted by Crippen LogP contribution is -2.42. The van der Waals surface area contributed by atoms with Gasteiger partial charge in [0, 0.05) is 33.0 Å². The van der Waals surface area contributed by atoms with Crippen LogP contribution in [0.25, 0.3) is 0 Å². The molecular formula is C24H32N4O6. The highest BCUT2D eigenvalue weighted by atomic mass is 16.7. The number of ether oxygens (including phenoxy) is 4. The zero-order valence-electron chi connectivity index (χ0n) is 20.3. The van der Waals surface area contributed by atoms with E-state index in [1.54, 1.807) is 12.0 Å². The van der Waals surface area contributed by atoms with Crippen molar-refractivity contribution < 1.29 is 28.6 Å². The lowest BCUT2D eigenvalue weighted by Gasteiger charge is -2.31. The van der Waals surface area contributed by atoms with Crippen LogP contribution in [0.3, 0.4) is 0 Å². The standard InChI is InChI=1S/C24H32N4O6/c1-16(2)32-24(29)28-12-10-21(11-13-28)33-22-17(3)23(26-14-25-22)34-27-18(4)19-6-8-20(9-7-19)31-15-30-5/h6-9,14,16,21H,10-13,15H2,1-5H3/b27-18-. The number of carbonyl (C=O) groups is 1. The Balaban J connectivity index is 1.57. The van der Waals surface area contributed by atoms with Gasteiger partial charge in [-0.15, -0.1) is 0 Å². The van der Waals surface area contributed by atoms with Gasteiger partial charge in [-0.25, -0.2) is 9.78 Å². The van der Waals surface area contributed by atoms with E-state index in [4.69, 9.17) is 23.8 Å². The number of piperidine rings is 1. The Morgan fingerprint density at radius 3 is 2.47 bits per heavy atom. The van der Waals surface area contributed by atoms with E-state index in [9.17, 15) is 4.79 Å². The molecule has 34 heavy (non-hydrogen) atoms. The molecule has 0 atom stereocenters. The number of aromatic nitrogens is 2. The molecule has 0 unspecified atom stereocenters. The van der Waals surface area contributed by atoms with Crippen molar-refractivity contribution in [3.05, 3.63) is 41.7 Å². The molecule has 0 radical (unpaired) electrons. The Morgan fingerprint density at radius 1 is 1.15 bits per heavy atom. The first-order valence-electron chi connectivity index (χ1n) is 11.2. The molecule has 10 nitrogen and oxygen atoms in total. The quantitative estimate of drug-likeness (QED) is 0.307. The van der Waals surface area contributed by atoms with Crippen LogP contribution in [-0.2, 0) is 9.47 Å². The largest absolute Gasteiger partial charge is 0.474 e. The van der Waals surface area contributed by atoms with E-state index in [0.29, 0.717) is 54.7 Å². The van der Waals surface area contributed by atoms with E-state index < -0.39 is 0 Å². The summed E-state index contributed by atoms with van der Waals surface area (Å²) < 4.78 is 21.6. The van der Waals surface area contributed by atoms with E-state index >= 15 is 0 Å². The highest BCUT2D eigenvalue weighted by molar-refractivity contribution is 5.98. The number of rotatable bonds is 9. The van der Waals surface area contributed by atoms with Crippen molar-refractivity contribution in [1.82, 2.24) is 14.9 Å². The van der Waals surface area contributed by atoms with Gasteiger partial charge in [-0.2, -0.15) is 4.98 Å². The molecule has 0 spiro atoms. The first-order chi connectivity index (χ1) is 16.4. The summed E-state index contributed by atoms with van der Waals surface area (Å²) in [5.74, 6) is 1.47. The zero-order chi connectivity index (χ0) is 24.5. The molecule has 10 heteroatoms. The third kappa shape index (κ3) is 7.05. The van der Waals surface area contributed by atoms with Crippen LogP contribution in [0.15, 0.2) is 35.7 Å². The summed E-state index contributed by atoms with van der Waals surface area (Å²) in [7, 11) is 1.57. The SMILES string of the molecule is COCOc1ccc(/C(C)=N\Oc2ncnc(OC3CCN(C(=O)OC(C)C)CC3)c2C)cc1. The number of benzene rings is 1. The molecule has 1 amide bonds. The van der Waals surface area contributed by atoms with Crippen LogP contribution in [0.4, 0.5) is 4.79 Å². The van der Waals surface area contributed by atoms with Gasteiger partial charge in [0.1, 0.15) is 18.2 Å². The van der Waals surface area contributed by atoms with Gasteiger partial charge in [0.15, 0.2) is 6.79 Å². The number of hydrogen-bond donors (Lipinski definition) is 0. The molecule has 1 aliphatic rings. The molecule has 3 rings (SSSR count). The second kappa shape index (κ2) is 12.2. The molecule has 1 saturated heterocycles. The molecule has 2 heterocycles. The first kappa shape index (κ1) is 25.2. The number of methoxy groups -OCH3 is 1. The fourth-order valence-corrected chi connectivity index (χ4v) is 3.30. The topological polar surface area (TPSA) is 105 Å². The minimum atomic E-state index is -0.285. The zero-order valence-corrected chi connectivity index (χ0v) is 20.3. The molecule has 1 aliphatic heterocycles. The van der Waals surface area contributed by atoms with Crippen LogP contribution >= 0.6 is 0 Å². The molecule has 1 aromatic carbocycles. The maximum absolute atomic E-state index is 12.1. The van der Waals surface area contributed by atoms with Crippen LogP contribution in [0.5, 0.6) is 17.5 Å². The highest BCUT2D eigenvalue weighted by Crippen LogP contribution is 2.26. The van der Waals surface area contributed by atoms with Gasteiger partial charge in [0.05, 0.1) is 17.4 Å². The van der Waals surface area contributed by atoms with Gasteiger partial charge >= 0.3 is 6.09 Å². The summed E-state index contributed by atoms with van der Waals surface area (Å²) in [6.07, 6.45) is 2.28. The van der Waals surface area contributed by atoms with E-state index in [1.807, 2.05) is 52.0 Å². The smallest absolute Gasteiger partial charge is 0.410 e. The third-order valence-corrected chi connectivity index (χ3v) is 5.19. The predicted octanol–water partition coefficient (Wildman–Crippen LogP) is 3.96. The van der Waals surface area contributed by atoms with E-state index in [1.165, 1.54) is 6.33 Å². The van der Waals surface area contributed by atoms with Crippen molar-refractivity contribution in [2.45, 2.75) is 52.7 Å². The van der Waals surface area contributed by atoms with Crippen LogP contribution < -0.4 is 14.3 Å². The molecule has 1 fully saturated rings. The average molecular weight is 473 g/mol. The average Bonchev–Trinajstić information content (AvgIpc) is 2.83. The van der Waals surface area contributed by atoms with Crippen molar-refractivity contribution in [2.75, 3.05) is 27.0 Å². The lowest BCUT2D eigenvalue weighted by atomic mass is 10.1. The number of oxime groups is 1. The van der Waals surface area contributed by atoms with Crippen LogP contribution in [0.1, 0.15) is 44.7 Å². The molecule has 1 aromatic heterocycles. The normalized spacial score (nSPS) is 14.8. The van der Waals surface area contributed by atoms with Gasteiger partial charge in [-0.05, 0) is 57.5 Å². The first-order valence-corrected chi connectivity index (χ1v) is 11.2. The Kier molecular flexibility index (Phi) is 9.03. The molecular weight excluding hydrogens is 440 g/mol. The fraction of sp³-hybridized carbons (Fsp3) is 0.500. The van der Waals surface area contributed by atoms with Crippen molar-refractivity contribution in [3.8, 4) is 17.5 Å². The van der Waals surface area contributed by atoms with Gasteiger partial charge in [0.25, 0.3) is 5.88 Å². The van der Waals surface area contributed by atoms with E-state index in [2.05, 4.69) is 15.1 Å². The van der Waals surface area contributed by atoms with Crippen molar-refractivity contribution >= 4 is 11.8 Å². The number of carbonyl (C=O) groups excluding carboxylic acids is 1. The Bertz CT molecular complexity index is 972. The third-order valence-electron chi connectivity index (χ3n) is 5.19. The predicted molar refractivity (Wildman–Crippen MR) is 125 cm³/mol. The monoisotopic (exact) mass is 472 g/mol. The Labute approximate surface area is 199 Å². The molecule has 184 valence electrons. The Hall–Kier alpha value is -3.40. The minimum Gasteiger partial charge on any atom is -0.474 e. The molecule has 0 saturated carbocycles. The molecule has 0 N–H and O–H groups in total.